The Hall–Kier alpha value is -0.240. The van der Waals surface area contributed by atoms with Crippen LogP contribution in [0.2, 0.25) is 0 Å². The van der Waals surface area contributed by atoms with Crippen LogP contribution in [-0.2, 0) is 14.2 Å². The molecule has 3 atom stereocenters. The maximum atomic E-state index is 9.88. The van der Waals surface area contributed by atoms with E-state index >= 15 is 0 Å². The first kappa shape index (κ1) is 11.8. The predicted molar refractivity (Wildman–Crippen MR) is 45.3 cm³/mol. The molecule has 3 N–H and O–H groups in total. The largest absolute Gasteiger partial charge is 0.394 e. The lowest BCUT2D eigenvalue weighted by atomic mass is 10.1. The van der Waals surface area contributed by atoms with E-state index in [2.05, 4.69) is 0 Å². The highest BCUT2D eigenvalue weighted by Gasteiger charge is 2.50. The van der Waals surface area contributed by atoms with Crippen LogP contribution in [0.4, 0.5) is 0 Å². The molecule has 0 bridgehead atoms. The molecule has 1 aliphatic rings. The normalized spacial score (nSPS) is 38.1. The van der Waals surface area contributed by atoms with Crippen molar-refractivity contribution in [1.29, 1.82) is 0 Å². The molecule has 0 saturated carbocycles. The quantitative estimate of drug-likeness (QED) is 0.484. The van der Waals surface area contributed by atoms with Gasteiger partial charge in [-0.15, -0.1) is 0 Å². The van der Waals surface area contributed by atoms with Gasteiger partial charge in [0.05, 0.1) is 12.7 Å². The van der Waals surface area contributed by atoms with E-state index in [1.165, 1.54) is 14.2 Å². The number of hydrogen-bond donors (Lipinski definition) is 3. The summed E-state index contributed by atoms with van der Waals surface area (Å²) in [5.74, 6) is -1.70. The van der Waals surface area contributed by atoms with Gasteiger partial charge in [0, 0.05) is 20.6 Å². The minimum absolute atomic E-state index is 0.0510. The van der Waals surface area contributed by atoms with E-state index in [0.717, 1.165) is 0 Å². The Morgan fingerprint density at radius 2 is 2.07 bits per heavy atom. The molecule has 0 aliphatic carbocycles. The fourth-order valence-electron chi connectivity index (χ4n) is 1.60. The number of methoxy groups -OCH3 is 2. The van der Waals surface area contributed by atoms with Crippen LogP contribution in [0.5, 0.6) is 0 Å². The van der Waals surface area contributed by atoms with Crippen molar-refractivity contribution in [1.82, 2.24) is 0 Å². The molecule has 84 valence electrons. The molecule has 1 heterocycles. The van der Waals surface area contributed by atoms with Crippen LogP contribution in [0, 0.1) is 0 Å². The smallest absolute Gasteiger partial charge is 0.221 e. The SMILES string of the molecule is COC(OC)[C@]1(O)C[C@H](O)[C@@H](CO)O1. The van der Waals surface area contributed by atoms with Gasteiger partial charge in [-0.2, -0.15) is 0 Å². The first-order valence-electron chi connectivity index (χ1n) is 4.32. The van der Waals surface area contributed by atoms with Crippen molar-refractivity contribution in [2.45, 2.75) is 30.7 Å². The summed E-state index contributed by atoms with van der Waals surface area (Å²) in [7, 11) is 2.71. The van der Waals surface area contributed by atoms with Crippen molar-refractivity contribution in [3.05, 3.63) is 0 Å². The predicted octanol–water partition coefficient (Wildman–Crippen LogP) is -1.56. The van der Waals surface area contributed by atoms with Crippen LogP contribution < -0.4 is 0 Å². The van der Waals surface area contributed by atoms with E-state index in [-0.39, 0.29) is 13.0 Å². The summed E-state index contributed by atoms with van der Waals surface area (Å²) in [6, 6.07) is 0. The minimum atomic E-state index is -1.70. The zero-order valence-corrected chi connectivity index (χ0v) is 8.21. The van der Waals surface area contributed by atoms with Gasteiger partial charge in [-0.05, 0) is 0 Å². The number of aliphatic hydroxyl groups excluding tert-OH is 2. The maximum absolute atomic E-state index is 9.88. The van der Waals surface area contributed by atoms with Crippen molar-refractivity contribution in [3.63, 3.8) is 0 Å². The molecule has 0 aromatic rings. The first-order chi connectivity index (χ1) is 6.57. The van der Waals surface area contributed by atoms with Crippen molar-refractivity contribution >= 4 is 0 Å². The monoisotopic (exact) mass is 208 g/mol. The van der Waals surface area contributed by atoms with Gasteiger partial charge >= 0.3 is 0 Å². The third-order valence-electron chi connectivity index (χ3n) is 2.26. The highest BCUT2D eigenvalue weighted by atomic mass is 16.7. The lowest BCUT2D eigenvalue weighted by Gasteiger charge is -2.29. The Balaban J connectivity index is 2.68. The molecular weight excluding hydrogens is 192 g/mol. The summed E-state index contributed by atoms with van der Waals surface area (Å²) >= 11 is 0. The van der Waals surface area contributed by atoms with Crippen molar-refractivity contribution in [2.24, 2.45) is 0 Å². The van der Waals surface area contributed by atoms with E-state index in [0.29, 0.717) is 0 Å². The number of ether oxygens (including phenoxy) is 3. The van der Waals surface area contributed by atoms with E-state index in [4.69, 9.17) is 19.3 Å². The van der Waals surface area contributed by atoms with Gasteiger partial charge in [-0.25, -0.2) is 0 Å². The summed E-state index contributed by atoms with van der Waals surface area (Å²) in [6.45, 7) is -0.358. The Bertz CT molecular complexity index is 183. The summed E-state index contributed by atoms with van der Waals surface area (Å²) in [6.07, 6.45) is -2.75. The topological polar surface area (TPSA) is 88.4 Å². The second-order valence-corrected chi connectivity index (χ2v) is 3.26. The lowest BCUT2D eigenvalue weighted by Crippen LogP contribution is -2.45. The standard InChI is InChI=1S/C8H16O6/c1-12-7(13-2)8(11)3-5(10)6(4-9)14-8/h5-7,9-11H,3-4H2,1-2H3/t5-,6+,8-/m0/s1. The van der Waals surface area contributed by atoms with Gasteiger partial charge < -0.3 is 29.5 Å². The number of hydrogen-bond acceptors (Lipinski definition) is 6. The second kappa shape index (κ2) is 4.52. The lowest BCUT2D eigenvalue weighted by molar-refractivity contribution is -0.317. The third-order valence-corrected chi connectivity index (χ3v) is 2.26. The minimum Gasteiger partial charge on any atom is -0.394 e. The van der Waals surface area contributed by atoms with Gasteiger partial charge in [-0.1, -0.05) is 0 Å². The van der Waals surface area contributed by atoms with Crippen molar-refractivity contribution < 1.29 is 29.5 Å². The van der Waals surface area contributed by atoms with Crippen molar-refractivity contribution in [3.8, 4) is 0 Å². The Labute approximate surface area is 82.0 Å². The fourth-order valence-corrected chi connectivity index (χ4v) is 1.60. The van der Waals surface area contributed by atoms with Gasteiger partial charge in [0.2, 0.25) is 12.1 Å². The molecular formula is C8H16O6. The van der Waals surface area contributed by atoms with Crippen LogP contribution in [-0.4, -0.2) is 60.4 Å². The summed E-state index contributed by atoms with van der Waals surface area (Å²) in [5, 5.41) is 28.1. The zero-order valence-electron chi connectivity index (χ0n) is 8.21. The average Bonchev–Trinajstić information content (AvgIpc) is 2.44. The molecule has 0 aromatic heterocycles. The van der Waals surface area contributed by atoms with Crippen LogP contribution in [0.1, 0.15) is 6.42 Å². The Morgan fingerprint density at radius 3 is 2.43 bits per heavy atom. The number of rotatable bonds is 4. The number of aliphatic hydroxyl groups is 3. The molecule has 14 heavy (non-hydrogen) atoms. The van der Waals surface area contributed by atoms with E-state index in [1.54, 1.807) is 0 Å². The molecule has 0 radical (unpaired) electrons. The van der Waals surface area contributed by atoms with E-state index in [9.17, 15) is 10.2 Å². The molecule has 6 nitrogen and oxygen atoms in total. The Morgan fingerprint density at radius 1 is 1.50 bits per heavy atom. The molecule has 1 fully saturated rings. The molecule has 6 heteroatoms. The second-order valence-electron chi connectivity index (χ2n) is 3.26. The molecule has 0 aromatic carbocycles. The van der Waals surface area contributed by atoms with E-state index < -0.39 is 24.3 Å². The highest BCUT2D eigenvalue weighted by molar-refractivity contribution is 4.88. The summed E-state index contributed by atoms with van der Waals surface area (Å²) in [5.41, 5.74) is 0. The van der Waals surface area contributed by atoms with Gasteiger partial charge in [0.15, 0.2) is 0 Å². The fraction of sp³-hybridized carbons (Fsp3) is 1.00. The summed E-state index contributed by atoms with van der Waals surface area (Å²) < 4.78 is 14.7. The maximum Gasteiger partial charge on any atom is 0.221 e. The third kappa shape index (κ3) is 2.05. The molecule has 0 spiro atoms. The van der Waals surface area contributed by atoms with E-state index in [1.807, 2.05) is 0 Å². The van der Waals surface area contributed by atoms with Gasteiger partial charge in [-0.3, -0.25) is 0 Å². The van der Waals surface area contributed by atoms with Crippen LogP contribution in [0.25, 0.3) is 0 Å². The van der Waals surface area contributed by atoms with Crippen LogP contribution in [0.15, 0.2) is 0 Å². The average molecular weight is 208 g/mol. The molecule has 0 unspecified atom stereocenters. The van der Waals surface area contributed by atoms with Crippen LogP contribution >= 0.6 is 0 Å². The van der Waals surface area contributed by atoms with Gasteiger partial charge in [0.25, 0.3) is 0 Å². The first-order valence-corrected chi connectivity index (χ1v) is 4.32. The Kier molecular flexibility index (Phi) is 3.82. The highest BCUT2D eigenvalue weighted by Crippen LogP contribution is 2.32. The zero-order chi connectivity index (χ0) is 10.8. The molecule has 1 aliphatic heterocycles. The molecule has 1 saturated heterocycles. The molecule has 0 amide bonds. The van der Waals surface area contributed by atoms with Crippen LogP contribution in [0.3, 0.4) is 0 Å². The van der Waals surface area contributed by atoms with Gasteiger partial charge in [0.1, 0.15) is 6.10 Å². The van der Waals surface area contributed by atoms with Crippen molar-refractivity contribution in [2.75, 3.05) is 20.8 Å². The summed E-state index contributed by atoms with van der Waals surface area (Å²) in [4.78, 5) is 0. The molecule has 1 rings (SSSR count).